The lowest BCUT2D eigenvalue weighted by Gasteiger charge is -2.39. The Balaban J connectivity index is 1.99. The molecular formula is C22H29NO3S2. The number of ether oxygens (including phenoxy) is 1. The van der Waals surface area contributed by atoms with Crippen LogP contribution in [-0.2, 0) is 14.3 Å². The highest BCUT2D eigenvalue weighted by Gasteiger charge is 2.43. The molecular weight excluding hydrogens is 390 g/mol. The number of nitrogens with one attached hydrogen (secondary N) is 1. The summed E-state index contributed by atoms with van der Waals surface area (Å²) in [5, 5.41) is 3.38. The number of aryl methyl sites for hydroxylation is 1. The van der Waals surface area contributed by atoms with E-state index in [9.17, 15) is 9.59 Å². The maximum Gasteiger partial charge on any atom is 0.336 e. The van der Waals surface area contributed by atoms with E-state index in [4.69, 9.17) is 4.74 Å². The third-order valence-electron chi connectivity index (χ3n) is 5.17. The molecule has 0 fully saturated rings. The molecule has 0 saturated heterocycles. The van der Waals surface area contributed by atoms with Crippen molar-refractivity contribution in [3.05, 3.63) is 44.4 Å². The number of thiophene rings is 1. The number of thioether (sulfide) groups is 1. The van der Waals surface area contributed by atoms with Gasteiger partial charge in [0.2, 0.25) is 0 Å². The van der Waals surface area contributed by atoms with E-state index in [2.05, 4.69) is 32.2 Å². The van der Waals surface area contributed by atoms with Gasteiger partial charge >= 0.3 is 5.97 Å². The number of allylic oxidation sites excluding steroid dienone is 3. The van der Waals surface area contributed by atoms with Crippen LogP contribution in [0.1, 0.15) is 56.2 Å². The van der Waals surface area contributed by atoms with Crippen LogP contribution < -0.4 is 5.32 Å². The second-order valence-electron chi connectivity index (χ2n) is 8.21. The van der Waals surface area contributed by atoms with Gasteiger partial charge in [0.05, 0.1) is 11.5 Å². The van der Waals surface area contributed by atoms with E-state index < -0.39 is 0 Å². The zero-order valence-electron chi connectivity index (χ0n) is 17.3. The minimum atomic E-state index is -0.329. The summed E-state index contributed by atoms with van der Waals surface area (Å²) in [6.45, 7) is 10.7. The van der Waals surface area contributed by atoms with Crippen molar-refractivity contribution in [2.24, 2.45) is 5.41 Å². The maximum atomic E-state index is 13.1. The molecule has 0 saturated carbocycles. The Bertz CT molecular complexity index is 848. The van der Waals surface area contributed by atoms with Crippen molar-refractivity contribution in [1.82, 2.24) is 5.32 Å². The Kier molecular flexibility index (Phi) is 6.40. The van der Waals surface area contributed by atoms with Crippen molar-refractivity contribution < 1.29 is 14.3 Å². The van der Waals surface area contributed by atoms with Crippen LogP contribution >= 0.6 is 23.1 Å². The van der Waals surface area contributed by atoms with Gasteiger partial charge in [-0.15, -0.1) is 11.3 Å². The Morgan fingerprint density at radius 3 is 2.71 bits per heavy atom. The van der Waals surface area contributed by atoms with Gasteiger partial charge in [0.25, 0.3) is 0 Å². The summed E-state index contributed by atoms with van der Waals surface area (Å²) >= 11 is 3.39. The van der Waals surface area contributed by atoms with Gasteiger partial charge in [-0.1, -0.05) is 20.8 Å². The summed E-state index contributed by atoms with van der Waals surface area (Å²) in [5.74, 6) is 1.27. The molecule has 3 rings (SSSR count). The van der Waals surface area contributed by atoms with Crippen LogP contribution in [0.4, 0.5) is 0 Å². The SMILES string of the molecule is CCSCCOC(=O)C1=C(C)NC2=C(C(=O)CC(C)(C)C2)[C@@H]1c1ccc(C)s1. The Hall–Kier alpha value is -1.53. The number of dihydropyridines is 1. The number of ketones is 1. The summed E-state index contributed by atoms with van der Waals surface area (Å²) in [5.41, 5.74) is 3.02. The largest absolute Gasteiger partial charge is 0.461 e. The summed E-state index contributed by atoms with van der Waals surface area (Å²) < 4.78 is 5.58. The van der Waals surface area contributed by atoms with E-state index >= 15 is 0 Å². The minimum Gasteiger partial charge on any atom is -0.461 e. The van der Waals surface area contributed by atoms with E-state index in [1.54, 1.807) is 23.1 Å². The predicted molar refractivity (Wildman–Crippen MR) is 117 cm³/mol. The number of carbonyl (C=O) groups is 2. The smallest absolute Gasteiger partial charge is 0.336 e. The lowest BCUT2D eigenvalue weighted by Crippen LogP contribution is -2.38. The van der Waals surface area contributed by atoms with Crippen LogP contribution in [0.15, 0.2) is 34.7 Å². The molecule has 2 aliphatic rings. The summed E-state index contributed by atoms with van der Waals surface area (Å²) in [6.07, 6.45) is 1.31. The Morgan fingerprint density at radius 2 is 2.07 bits per heavy atom. The van der Waals surface area contributed by atoms with Crippen molar-refractivity contribution in [3.8, 4) is 0 Å². The highest BCUT2D eigenvalue weighted by atomic mass is 32.2. The molecule has 0 radical (unpaired) electrons. The first-order chi connectivity index (χ1) is 13.2. The molecule has 0 aromatic carbocycles. The van der Waals surface area contributed by atoms with Crippen molar-refractivity contribution in [2.45, 2.75) is 53.4 Å². The Labute approximate surface area is 175 Å². The first kappa shape index (κ1) is 21.2. The molecule has 0 amide bonds. The molecule has 0 unspecified atom stereocenters. The van der Waals surface area contributed by atoms with Crippen LogP contribution in [0, 0.1) is 12.3 Å². The van der Waals surface area contributed by atoms with Gasteiger partial charge in [-0.05, 0) is 43.6 Å². The second kappa shape index (κ2) is 8.46. The standard InChI is InChI=1S/C22H29NO3S2/c1-6-27-10-9-26-21(25)18-14(3)23-15-11-22(4,5)12-16(24)19(15)20(18)17-8-7-13(2)28-17/h7-8,20,23H,6,9-12H2,1-5H3/t20-/m1/s1. The first-order valence-electron chi connectivity index (χ1n) is 9.78. The molecule has 1 atom stereocenters. The number of hydrogen-bond acceptors (Lipinski definition) is 6. The zero-order chi connectivity index (χ0) is 20.5. The van der Waals surface area contributed by atoms with Crippen LogP contribution in [0.25, 0.3) is 0 Å². The third kappa shape index (κ3) is 4.38. The van der Waals surface area contributed by atoms with Gasteiger partial charge in [0.15, 0.2) is 5.78 Å². The summed E-state index contributed by atoms with van der Waals surface area (Å²) in [7, 11) is 0. The number of esters is 1. The van der Waals surface area contributed by atoms with Gasteiger partial charge in [0.1, 0.15) is 6.61 Å². The number of hydrogen-bond donors (Lipinski definition) is 1. The molecule has 28 heavy (non-hydrogen) atoms. The fraction of sp³-hybridized carbons (Fsp3) is 0.545. The maximum absolute atomic E-state index is 13.1. The summed E-state index contributed by atoms with van der Waals surface area (Å²) in [6, 6.07) is 4.09. The molecule has 2 heterocycles. The topological polar surface area (TPSA) is 55.4 Å². The van der Waals surface area contributed by atoms with Gasteiger partial charge < -0.3 is 10.1 Å². The van der Waals surface area contributed by atoms with Gasteiger partial charge in [0, 0.05) is 38.9 Å². The molecule has 1 aromatic heterocycles. The van der Waals surface area contributed by atoms with Crippen molar-refractivity contribution in [2.75, 3.05) is 18.1 Å². The number of rotatable bonds is 6. The quantitative estimate of drug-likeness (QED) is 0.522. The molecule has 152 valence electrons. The third-order valence-corrected chi connectivity index (χ3v) is 7.10. The van der Waals surface area contributed by atoms with Crippen LogP contribution in [-0.4, -0.2) is 29.9 Å². The average Bonchev–Trinajstić information content (AvgIpc) is 3.02. The van der Waals surface area contributed by atoms with Crippen LogP contribution in [0.5, 0.6) is 0 Å². The van der Waals surface area contributed by atoms with Crippen LogP contribution in [0.3, 0.4) is 0 Å². The van der Waals surface area contributed by atoms with Crippen molar-refractivity contribution in [3.63, 3.8) is 0 Å². The predicted octanol–water partition coefficient (Wildman–Crippen LogP) is 4.96. The molecule has 1 N–H and O–H groups in total. The fourth-order valence-electron chi connectivity index (χ4n) is 4.02. The molecule has 6 heteroatoms. The lowest BCUT2D eigenvalue weighted by atomic mass is 9.70. The highest BCUT2D eigenvalue weighted by molar-refractivity contribution is 7.99. The van der Waals surface area contributed by atoms with Gasteiger partial charge in [-0.3, -0.25) is 4.79 Å². The number of carbonyl (C=O) groups excluding carboxylic acids is 2. The van der Waals surface area contributed by atoms with E-state index in [1.807, 2.05) is 19.9 Å². The van der Waals surface area contributed by atoms with Gasteiger partial charge in [-0.25, -0.2) is 4.79 Å². The highest BCUT2D eigenvalue weighted by Crippen LogP contribution is 2.48. The monoisotopic (exact) mass is 419 g/mol. The van der Waals surface area contributed by atoms with E-state index in [0.29, 0.717) is 18.6 Å². The molecule has 1 aliphatic heterocycles. The zero-order valence-corrected chi connectivity index (χ0v) is 18.9. The van der Waals surface area contributed by atoms with Crippen molar-refractivity contribution in [1.29, 1.82) is 0 Å². The first-order valence-corrected chi connectivity index (χ1v) is 11.8. The van der Waals surface area contributed by atoms with Crippen molar-refractivity contribution >= 4 is 34.9 Å². The molecule has 0 bridgehead atoms. The van der Waals surface area contributed by atoms with E-state index in [0.717, 1.165) is 39.8 Å². The van der Waals surface area contributed by atoms with E-state index in [-0.39, 0.29) is 23.1 Å². The number of Topliss-reactive ketones (excluding diaryl/α,β-unsaturated/α-hetero) is 1. The molecule has 4 nitrogen and oxygen atoms in total. The molecule has 0 spiro atoms. The fourth-order valence-corrected chi connectivity index (χ4v) is 5.50. The molecule has 1 aliphatic carbocycles. The van der Waals surface area contributed by atoms with Gasteiger partial charge in [-0.2, -0.15) is 11.8 Å². The normalized spacial score (nSPS) is 21.5. The van der Waals surface area contributed by atoms with E-state index in [1.165, 1.54) is 4.88 Å². The lowest BCUT2D eigenvalue weighted by molar-refractivity contribution is -0.138. The Morgan fingerprint density at radius 1 is 1.32 bits per heavy atom. The average molecular weight is 420 g/mol. The molecule has 1 aromatic rings. The summed E-state index contributed by atoms with van der Waals surface area (Å²) in [4.78, 5) is 28.4. The second-order valence-corrected chi connectivity index (χ2v) is 10.9. The minimum absolute atomic E-state index is 0.0749. The van der Waals surface area contributed by atoms with Crippen LogP contribution in [0.2, 0.25) is 0 Å².